The maximum absolute atomic E-state index is 10.6. The quantitative estimate of drug-likeness (QED) is 0.633. The maximum atomic E-state index is 10.6. The zero-order valence-corrected chi connectivity index (χ0v) is 6.58. The van der Waals surface area contributed by atoms with Crippen molar-refractivity contribution in [2.75, 3.05) is 5.73 Å². The smallest absolute Gasteiger partial charge is 0.238 e. The van der Waals surface area contributed by atoms with Gasteiger partial charge in [0, 0.05) is 5.38 Å². The molecule has 0 atom stereocenters. The second-order valence-corrected chi connectivity index (χ2v) is 4.23. The van der Waals surface area contributed by atoms with Crippen LogP contribution in [0.2, 0.25) is 0 Å². The van der Waals surface area contributed by atoms with Gasteiger partial charge in [-0.2, -0.15) is 0 Å². The molecule has 56 valence electrons. The lowest BCUT2D eigenvalue weighted by Crippen LogP contribution is -2.10. The van der Waals surface area contributed by atoms with E-state index >= 15 is 0 Å². The van der Waals surface area contributed by atoms with Crippen LogP contribution in [-0.4, -0.2) is 8.42 Å². The highest BCUT2D eigenvalue weighted by Crippen LogP contribution is 2.19. The lowest BCUT2D eigenvalue weighted by molar-refractivity contribution is 0.598. The number of sulfonamides is 1. The molecule has 6 heteroatoms. The van der Waals surface area contributed by atoms with Gasteiger partial charge < -0.3 is 5.73 Å². The van der Waals surface area contributed by atoms with E-state index in [1.54, 1.807) is 0 Å². The Morgan fingerprint density at radius 2 is 2.10 bits per heavy atom. The number of thiophene rings is 1. The molecule has 0 spiro atoms. The summed E-state index contributed by atoms with van der Waals surface area (Å²) in [6.07, 6.45) is 0. The molecule has 0 unspecified atom stereocenters. The minimum Gasteiger partial charge on any atom is -0.391 e. The number of nitrogen functional groups attached to an aromatic ring is 1. The number of hydrogen-bond donors (Lipinski definition) is 2. The summed E-state index contributed by atoms with van der Waals surface area (Å²) in [5.41, 5.74) is 5.27. The Kier molecular flexibility index (Phi) is 1.67. The number of anilines is 1. The Hall–Kier alpha value is -0.590. The number of nitrogens with two attached hydrogens (primary N) is 2. The number of hydrogen-bond acceptors (Lipinski definition) is 4. The van der Waals surface area contributed by atoms with Crippen molar-refractivity contribution in [3.63, 3.8) is 0 Å². The summed E-state index contributed by atoms with van der Waals surface area (Å²) in [6, 6.07) is 1.33. The largest absolute Gasteiger partial charge is 0.391 e. The van der Waals surface area contributed by atoms with Crippen LogP contribution in [0.25, 0.3) is 0 Å². The van der Waals surface area contributed by atoms with Crippen LogP contribution in [0.1, 0.15) is 0 Å². The van der Waals surface area contributed by atoms with Crippen molar-refractivity contribution in [2.45, 2.75) is 4.90 Å². The molecular weight excluding hydrogens is 172 g/mol. The fraction of sp³-hybridized carbons (Fsp3) is 0. The zero-order valence-electron chi connectivity index (χ0n) is 4.94. The van der Waals surface area contributed by atoms with Crippen LogP contribution in [0.3, 0.4) is 0 Å². The first kappa shape index (κ1) is 7.52. The standard InChI is InChI=1S/C4H6N2O2S2/c5-4-1-3(2-9-4)10(6,7)8/h1-2H,5H2,(H2,6,7,8). The predicted octanol–water partition coefficient (Wildman–Crippen LogP) is -0.0223. The molecule has 0 aliphatic rings. The van der Waals surface area contributed by atoms with Crippen molar-refractivity contribution in [3.05, 3.63) is 11.4 Å². The van der Waals surface area contributed by atoms with Crippen molar-refractivity contribution >= 4 is 26.4 Å². The van der Waals surface area contributed by atoms with Gasteiger partial charge in [0.1, 0.15) is 0 Å². The molecule has 4 nitrogen and oxygen atoms in total. The summed E-state index contributed by atoms with van der Waals surface area (Å²) >= 11 is 1.15. The van der Waals surface area contributed by atoms with E-state index in [-0.39, 0.29) is 4.90 Å². The first-order valence-corrected chi connectivity index (χ1v) is 4.79. The van der Waals surface area contributed by atoms with Crippen LogP contribution < -0.4 is 10.9 Å². The summed E-state index contributed by atoms with van der Waals surface area (Å²) in [6.45, 7) is 0. The molecule has 0 aliphatic carbocycles. The second-order valence-electron chi connectivity index (χ2n) is 1.73. The zero-order chi connectivity index (χ0) is 7.78. The van der Waals surface area contributed by atoms with Crippen LogP contribution in [0.4, 0.5) is 5.00 Å². The Balaban J connectivity index is 3.21. The van der Waals surface area contributed by atoms with Crippen LogP contribution in [0.15, 0.2) is 16.3 Å². The highest BCUT2D eigenvalue weighted by Gasteiger charge is 2.08. The number of primary sulfonamides is 1. The van der Waals surface area contributed by atoms with Crippen molar-refractivity contribution in [1.29, 1.82) is 0 Å². The summed E-state index contributed by atoms with van der Waals surface area (Å²) < 4.78 is 21.2. The third-order valence-corrected chi connectivity index (χ3v) is 2.73. The van der Waals surface area contributed by atoms with E-state index in [9.17, 15) is 8.42 Å². The fourth-order valence-electron chi connectivity index (χ4n) is 0.484. The minimum atomic E-state index is -3.55. The van der Waals surface area contributed by atoms with E-state index < -0.39 is 10.0 Å². The Labute approximate surface area is 62.5 Å². The molecule has 0 aliphatic heterocycles. The topological polar surface area (TPSA) is 86.2 Å². The van der Waals surface area contributed by atoms with Crippen LogP contribution in [-0.2, 0) is 10.0 Å². The van der Waals surface area contributed by atoms with Crippen LogP contribution in [0, 0.1) is 0 Å². The molecule has 0 aromatic carbocycles. The van der Waals surface area contributed by atoms with E-state index in [1.165, 1.54) is 11.4 Å². The molecular formula is C4H6N2O2S2. The molecule has 0 bridgehead atoms. The third-order valence-electron chi connectivity index (χ3n) is 0.924. The SMILES string of the molecule is Nc1cc(S(N)(=O)=O)cs1. The lowest BCUT2D eigenvalue weighted by atomic mass is 10.6. The number of rotatable bonds is 1. The average Bonchev–Trinajstić information content (AvgIpc) is 2.11. The van der Waals surface area contributed by atoms with Crippen molar-refractivity contribution in [3.8, 4) is 0 Å². The highest BCUT2D eigenvalue weighted by atomic mass is 32.2. The first-order valence-electron chi connectivity index (χ1n) is 2.37. The van der Waals surface area contributed by atoms with Gasteiger partial charge in [0.05, 0.1) is 9.90 Å². The molecule has 1 rings (SSSR count). The van der Waals surface area contributed by atoms with Gasteiger partial charge in [-0.25, -0.2) is 13.6 Å². The fourth-order valence-corrected chi connectivity index (χ4v) is 2.05. The maximum Gasteiger partial charge on any atom is 0.238 e. The minimum absolute atomic E-state index is 0.0787. The summed E-state index contributed by atoms with van der Waals surface area (Å²) in [5, 5.41) is 6.65. The van der Waals surface area contributed by atoms with Crippen molar-refractivity contribution < 1.29 is 8.42 Å². The highest BCUT2D eigenvalue weighted by molar-refractivity contribution is 7.89. The van der Waals surface area contributed by atoms with Crippen molar-refractivity contribution in [2.24, 2.45) is 5.14 Å². The Morgan fingerprint density at radius 3 is 2.30 bits per heavy atom. The van der Waals surface area contributed by atoms with Gasteiger partial charge in [0.15, 0.2) is 0 Å². The van der Waals surface area contributed by atoms with E-state index in [0.717, 1.165) is 11.3 Å². The van der Waals surface area contributed by atoms with Gasteiger partial charge in [0.25, 0.3) is 0 Å². The van der Waals surface area contributed by atoms with Crippen molar-refractivity contribution in [1.82, 2.24) is 0 Å². The van der Waals surface area contributed by atoms with Gasteiger partial charge in [-0.1, -0.05) is 0 Å². The molecule has 0 saturated heterocycles. The summed E-state index contributed by atoms with van der Waals surface area (Å²) in [5.74, 6) is 0. The lowest BCUT2D eigenvalue weighted by Gasteiger charge is -1.87. The van der Waals surface area contributed by atoms with Gasteiger partial charge in [0.2, 0.25) is 10.0 Å². The molecule has 0 radical (unpaired) electrons. The molecule has 0 fully saturated rings. The summed E-state index contributed by atoms with van der Waals surface area (Å²) in [7, 11) is -3.55. The van der Waals surface area contributed by atoms with E-state index in [2.05, 4.69) is 0 Å². The Morgan fingerprint density at radius 1 is 1.50 bits per heavy atom. The Bertz CT molecular complexity index is 327. The van der Waals surface area contributed by atoms with E-state index in [1.807, 2.05) is 0 Å². The first-order chi connectivity index (χ1) is 4.50. The monoisotopic (exact) mass is 178 g/mol. The average molecular weight is 178 g/mol. The molecule has 4 N–H and O–H groups in total. The van der Waals surface area contributed by atoms with Crippen LogP contribution >= 0.6 is 11.3 Å². The molecule has 1 aromatic rings. The molecule has 10 heavy (non-hydrogen) atoms. The van der Waals surface area contributed by atoms with Crippen LogP contribution in [0.5, 0.6) is 0 Å². The van der Waals surface area contributed by atoms with Gasteiger partial charge in [-0.3, -0.25) is 0 Å². The molecule has 0 saturated carbocycles. The molecule has 0 amide bonds. The normalized spacial score (nSPS) is 11.7. The molecule has 1 heterocycles. The second kappa shape index (κ2) is 2.22. The van der Waals surface area contributed by atoms with E-state index in [4.69, 9.17) is 10.9 Å². The van der Waals surface area contributed by atoms with Gasteiger partial charge in [-0.05, 0) is 6.07 Å². The predicted molar refractivity (Wildman–Crippen MR) is 40.1 cm³/mol. The molecule has 1 aromatic heterocycles. The van der Waals surface area contributed by atoms with Gasteiger partial charge >= 0.3 is 0 Å². The van der Waals surface area contributed by atoms with E-state index in [0.29, 0.717) is 5.00 Å². The summed E-state index contributed by atoms with van der Waals surface area (Å²) in [4.78, 5) is 0.0787. The third kappa shape index (κ3) is 1.47. The van der Waals surface area contributed by atoms with Gasteiger partial charge in [-0.15, -0.1) is 11.3 Å².